The Kier molecular flexibility index (Phi) is 7.36. The molecule has 7 nitrogen and oxygen atoms in total. The molecule has 1 saturated heterocycles. The number of aliphatic hydroxyl groups is 1. The number of nitrogens with zero attached hydrogens (tertiary/aromatic N) is 2. The maximum absolute atomic E-state index is 13.1. The molecular weight excluding hydrogens is 432 g/mol. The van der Waals surface area contributed by atoms with E-state index in [-0.39, 0.29) is 22.3 Å². The number of aliphatic hydroxyl groups excluding tert-OH is 1. The minimum absolute atomic E-state index is 0.0289. The first-order valence-electron chi connectivity index (χ1n) is 11.4. The third-order valence-corrected chi connectivity index (χ3v) is 6.10. The molecule has 0 aliphatic carbocycles. The Morgan fingerprint density at radius 3 is 2.26 bits per heavy atom. The number of methoxy groups -OCH3 is 1. The first-order chi connectivity index (χ1) is 16.0. The zero-order chi connectivity index (χ0) is 25.2. The van der Waals surface area contributed by atoms with Crippen LogP contribution in [0.15, 0.2) is 48.0 Å². The Morgan fingerprint density at radius 2 is 1.74 bits per heavy atom. The predicted octanol–water partition coefficient (Wildman–Crippen LogP) is 4.07. The van der Waals surface area contributed by atoms with Crippen molar-refractivity contribution < 1.29 is 24.5 Å². The second-order valence-electron chi connectivity index (χ2n) is 9.90. The maximum Gasteiger partial charge on any atom is 0.295 e. The van der Waals surface area contributed by atoms with Crippen molar-refractivity contribution in [2.24, 2.45) is 0 Å². The lowest BCUT2D eigenvalue weighted by Gasteiger charge is -2.27. The van der Waals surface area contributed by atoms with Crippen LogP contribution in [0.4, 0.5) is 0 Å². The molecule has 1 fully saturated rings. The van der Waals surface area contributed by atoms with E-state index < -0.39 is 23.5 Å². The van der Waals surface area contributed by atoms with Crippen molar-refractivity contribution in [1.82, 2.24) is 9.80 Å². The Labute approximate surface area is 201 Å². The van der Waals surface area contributed by atoms with E-state index in [0.717, 1.165) is 17.7 Å². The number of ether oxygens (including phenoxy) is 1. The number of Topliss-reactive ketones (excluding diaryl/α,β-unsaturated/α-hetero) is 1. The van der Waals surface area contributed by atoms with Gasteiger partial charge < -0.3 is 24.7 Å². The molecule has 0 bridgehead atoms. The van der Waals surface area contributed by atoms with Gasteiger partial charge in [-0.05, 0) is 55.7 Å². The van der Waals surface area contributed by atoms with E-state index in [1.54, 1.807) is 6.07 Å². The molecule has 1 heterocycles. The van der Waals surface area contributed by atoms with Crippen LogP contribution in [0.5, 0.6) is 11.5 Å². The number of carbonyl (C=O) groups is 2. The molecule has 1 atom stereocenters. The fraction of sp³-hybridized carbons (Fsp3) is 0.407. The summed E-state index contributed by atoms with van der Waals surface area (Å²) in [7, 11) is 5.36. The molecule has 2 aromatic rings. The van der Waals surface area contributed by atoms with Gasteiger partial charge in [0.05, 0.1) is 24.3 Å². The Hall–Kier alpha value is -3.32. The van der Waals surface area contributed by atoms with Crippen molar-refractivity contribution in [2.75, 3.05) is 34.3 Å². The molecule has 3 rings (SSSR count). The highest BCUT2D eigenvalue weighted by molar-refractivity contribution is 6.46. The third-order valence-electron chi connectivity index (χ3n) is 6.10. The summed E-state index contributed by atoms with van der Waals surface area (Å²) in [5, 5.41) is 21.6. The highest BCUT2D eigenvalue weighted by atomic mass is 16.5. The van der Waals surface area contributed by atoms with E-state index in [1.165, 1.54) is 24.1 Å². The van der Waals surface area contributed by atoms with E-state index in [0.29, 0.717) is 18.7 Å². The van der Waals surface area contributed by atoms with Gasteiger partial charge in [-0.15, -0.1) is 0 Å². The van der Waals surface area contributed by atoms with Gasteiger partial charge in [0.1, 0.15) is 17.3 Å². The van der Waals surface area contributed by atoms with Crippen molar-refractivity contribution in [2.45, 2.75) is 38.6 Å². The summed E-state index contributed by atoms with van der Waals surface area (Å²) < 4.78 is 5.11. The van der Waals surface area contributed by atoms with E-state index in [1.807, 2.05) is 43.3 Å². The second-order valence-corrected chi connectivity index (χ2v) is 9.90. The largest absolute Gasteiger partial charge is 0.507 e. The van der Waals surface area contributed by atoms with Crippen LogP contribution in [0.1, 0.15) is 49.9 Å². The number of hydrogen-bond acceptors (Lipinski definition) is 6. The van der Waals surface area contributed by atoms with Gasteiger partial charge in [0.25, 0.3) is 11.7 Å². The summed E-state index contributed by atoms with van der Waals surface area (Å²) >= 11 is 0. The summed E-state index contributed by atoms with van der Waals surface area (Å²) in [5.74, 6) is -1.65. The van der Waals surface area contributed by atoms with Crippen molar-refractivity contribution in [1.29, 1.82) is 0 Å². The molecule has 1 aliphatic rings. The molecule has 0 radical (unpaired) electrons. The maximum atomic E-state index is 13.1. The lowest BCUT2D eigenvalue weighted by Crippen LogP contribution is -2.32. The standard InChI is InChI=1S/C27H34N2O5/c1-27(2,3)18-10-8-17(9-11-18)23-22(24(31)20-13-12-19(34-6)16-21(20)30)25(32)26(33)29(23)15-7-14-28(4)5/h8-13,16,23,30-31H,7,14-15H2,1-6H3. The molecule has 2 N–H and O–H groups in total. The van der Waals surface area contributed by atoms with Crippen LogP contribution < -0.4 is 4.74 Å². The van der Waals surface area contributed by atoms with Crippen LogP contribution in [0.25, 0.3) is 5.76 Å². The van der Waals surface area contributed by atoms with Gasteiger partial charge in [-0.3, -0.25) is 9.59 Å². The number of ketones is 1. The van der Waals surface area contributed by atoms with E-state index in [9.17, 15) is 19.8 Å². The fourth-order valence-corrected chi connectivity index (χ4v) is 4.16. The minimum atomic E-state index is -0.762. The number of rotatable bonds is 7. The number of amides is 1. The fourth-order valence-electron chi connectivity index (χ4n) is 4.16. The lowest BCUT2D eigenvalue weighted by atomic mass is 9.85. The summed E-state index contributed by atoms with van der Waals surface area (Å²) in [6.45, 7) is 7.45. The number of likely N-dealkylation sites (tertiary alicyclic amines) is 1. The summed E-state index contributed by atoms with van der Waals surface area (Å²) in [5.41, 5.74) is 1.84. The number of hydrogen-bond donors (Lipinski definition) is 2. The van der Waals surface area contributed by atoms with Crippen molar-refractivity contribution >= 4 is 17.4 Å². The van der Waals surface area contributed by atoms with Crippen molar-refractivity contribution in [3.05, 3.63) is 64.7 Å². The normalized spacial score (nSPS) is 18.1. The zero-order valence-corrected chi connectivity index (χ0v) is 20.8. The average Bonchev–Trinajstić information content (AvgIpc) is 3.02. The quantitative estimate of drug-likeness (QED) is 0.363. The van der Waals surface area contributed by atoms with E-state index >= 15 is 0 Å². The van der Waals surface area contributed by atoms with Crippen LogP contribution in [-0.4, -0.2) is 66.0 Å². The molecule has 0 saturated carbocycles. The molecule has 7 heteroatoms. The van der Waals surface area contributed by atoms with E-state index in [2.05, 4.69) is 20.8 Å². The number of aromatic hydroxyl groups is 1. The lowest BCUT2D eigenvalue weighted by molar-refractivity contribution is -0.139. The zero-order valence-electron chi connectivity index (χ0n) is 20.8. The molecule has 34 heavy (non-hydrogen) atoms. The number of phenolic OH excluding ortho intramolecular Hbond substituents is 1. The Morgan fingerprint density at radius 1 is 1.09 bits per heavy atom. The summed E-state index contributed by atoms with van der Waals surface area (Å²) in [6.07, 6.45) is 0.671. The minimum Gasteiger partial charge on any atom is -0.507 e. The topological polar surface area (TPSA) is 90.3 Å². The van der Waals surface area contributed by atoms with Crippen LogP contribution in [0.2, 0.25) is 0 Å². The molecule has 1 amide bonds. The monoisotopic (exact) mass is 466 g/mol. The Balaban J connectivity index is 2.13. The molecule has 1 unspecified atom stereocenters. The van der Waals surface area contributed by atoms with Gasteiger partial charge in [0.2, 0.25) is 0 Å². The summed E-state index contributed by atoms with van der Waals surface area (Å²) in [4.78, 5) is 29.7. The number of carbonyl (C=O) groups excluding carboxylic acids is 2. The van der Waals surface area contributed by atoms with Crippen LogP contribution in [-0.2, 0) is 15.0 Å². The van der Waals surface area contributed by atoms with Gasteiger partial charge in [0.15, 0.2) is 0 Å². The smallest absolute Gasteiger partial charge is 0.295 e. The first-order valence-corrected chi connectivity index (χ1v) is 11.4. The number of phenols is 1. The average molecular weight is 467 g/mol. The van der Waals surface area contributed by atoms with Gasteiger partial charge in [-0.25, -0.2) is 0 Å². The molecule has 182 valence electrons. The SMILES string of the molecule is COc1ccc(C(O)=C2C(=O)C(=O)N(CCCN(C)C)C2c2ccc(C(C)(C)C)cc2)c(O)c1. The highest BCUT2D eigenvalue weighted by Crippen LogP contribution is 2.41. The second kappa shape index (κ2) is 9.89. The van der Waals surface area contributed by atoms with Crippen molar-refractivity contribution in [3.63, 3.8) is 0 Å². The molecule has 2 aromatic carbocycles. The number of benzene rings is 2. The van der Waals surface area contributed by atoms with Gasteiger partial charge >= 0.3 is 0 Å². The van der Waals surface area contributed by atoms with Crippen LogP contribution in [0.3, 0.4) is 0 Å². The van der Waals surface area contributed by atoms with Gasteiger partial charge in [-0.2, -0.15) is 0 Å². The highest BCUT2D eigenvalue weighted by Gasteiger charge is 2.46. The summed E-state index contributed by atoms with van der Waals surface area (Å²) in [6, 6.07) is 11.4. The first kappa shape index (κ1) is 25.3. The molecule has 0 aromatic heterocycles. The molecule has 0 spiro atoms. The molecule has 1 aliphatic heterocycles. The van der Waals surface area contributed by atoms with Gasteiger partial charge in [-0.1, -0.05) is 45.0 Å². The molecular formula is C27H34N2O5. The van der Waals surface area contributed by atoms with E-state index in [4.69, 9.17) is 4.74 Å². The van der Waals surface area contributed by atoms with Crippen molar-refractivity contribution in [3.8, 4) is 11.5 Å². The predicted molar refractivity (Wildman–Crippen MR) is 132 cm³/mol. The Bertz CT molecular complexity index is 1100. The third kappa shape index (κ3) is 5.09. The van der Waals surface area contributed by atoms with Gasteiger partial charge in [0, 0.05) is 12.6 Å². The van der Waals surface area contributed by atoms with Crippen LogP contribution >= 0.6 is 0 Å². The van der Waals surface area contributed by atoms with Crippen LogP contribution in [0, 0.1) is 0 Å².